The van der Waals surface area contributed by atoms with E-state index in [2.05, 4.69) is 42.5 Å². The lowest BCUT2D eigenvalue weighted by Crippen LogP contribution is -2.05. The molecule has 1 aliphatic heterocycles. The summed E-state index contributed by atoms with van der Waals surface area (Å²) in [6.07, 6.45) is 0. The molecule has 0 unspecified atom stereocenters. The minimum Gasteiger partial charge on any atom is -0.487 e. The van der Waals surface area contributed by atoms with Gasteiger partial charge in [-0.25, -0.2) is 0 Å². The SMILES string of the molecule is Clc1cccc2c1OCc1cc3ccccc3cc1-2. The van der Waals surface area contributed by atoms with E-state index in [0.717, 1.165) is 11.3 Å². The van der Waals surface area contributed by atoms with Crippen LogP contribution in [-0.4, -0.2) is 0 Å². The summed E-state index contributed by atoms with van der Waals surface area (Å²) in [5, 5.41) is 3.17. The molecule has 0 bridgehead atoms. The number of benzene rings is 3. The minimum atomic E-state index is 0.580. The maximum Gasteiger partial charge on any atom is 0.146 e. The van der Waals surface area contributed by atoms with Crippen molar-refractivity contribution in [3.05, 3.63) is 65.2 Å². The molecule has 0 atom stereocenters. The maximum absolute atomic E-state index is 6.20. The number of halogens is 1. The summed E-state index contributed by atoms with van der Waals surface area (Å²) in [4.78, 5) is 0. The van der Waals surface area contributed by atoms with Crippen LogP contribution < -0.4 is 4.74 Å². The first-order chi connectivity index (χ1) is 9.33. The van der Waals surface area contributed by atoms with Crippen molar-refractivity contribution in [1.29, 1.82) is 0 Å². The number of ether oxygens (including phenoxy) is 1. The number of para-hydroxylation sites is 1. The zero-order valence-corrected chi connectivity index (χ0v) is 10.9. The summed E-state index contributed by atoms with van der Waals surface area (Å²) >= 11 is 6.20. The van der Waals surface area contributed by atoms with Gasteiger partial charge >= 0.3 is 0 Å². The zero-order chi connectivity index (χ0) is 12.8. The molecule has 4 rings (SSSR count). The second kappa shape index (κ2) is 4.01. The van der Waals surface area contributed by atoms with Crippen LogP contribution in [0.25, 0.3) is 21.9 Å². The number of hydrogen-bond donors (Lipinski definition) is 0. The highest BCUT2D eigenvalue weighted by Crippen LogP contribution is 2.42. The zero-order valence-electron chi connectivity index (χ0n) is 10.2. The van der Waals surface area contributed by atoms with Crippen LogP contribution in [0.3, 0.4) is 0 Å². The third-order valence-electron chi connectivity index (χ3n) is 3.60. The van der Waals surface area contributed by atoms with Crippen molar-refractivity contribution in [3.8, 4) is 16.9 Å². The van der Waals surface area contributed by atoms with Crippen LogP contribution >= 0.6 is 11.6 Å². The molecule has 0 N–H and O–H groups in total. The van der Waals surface area contributed by atoms with E-state index >= 15 is 0 Å². The number of rotatable bonds is 0. The van der Waals surface area contributed by atoms with Crippen molar-refractivity contribution in [2.45, 2.75) is 6.61 Å². The second-order valence-corrected chi connectivity index (χ2v) is 5.17. The molecule has 1 heterocycles. The van der Waals surface area contributed by atoms with Gasteiger partial charge in [-0.15, -0.1) is 0 Å². The highest BCUT2D eigenvalue weighted by molar-refractivity contribution is 6.32. The molecule has 0 amide bonds. The van der Waals surface area contributed by atoms with Gasteiger partial charge in [0.1, 0.15) is 12.4 Å². The average molecular weight is 267 g/mol. The summed E-state index contributed by atoms with van der Waals surface area (Å²) in [6.45, 7) is 0.580. The third kappa shape index (κ3) is 1.62. The fraction of sp³-hybridized carbons (Fsp3) is 0.0588. The topological polar surface area (TPSA) is 9.23 Å². The van der Waals surface area contributed by atoms with Crippen LogP contribution in [-0.2, 0) is 6.61 Å². The van der Waals surface area contributed by atoms with Gasteiger partial charge in [-0.1, -0.05) is 48.0 Å². The molecule has 1 nitrogen and oxygen atoms in total. The Hall–Kier alpha value is -1.99. The van der Waals surface area contributed by atoms with E-state index in [-0.39, 0.29) is 0 Å². The van der Waals surface area contributed by atoms with E-state index in [9.17, 15) is 0 Å². The Morgan fingerprint density at radius 3 is 2.47 bits per heavy atom. The van der Waals surface area contributed by atoms with E-state index in [1.54, 1.807) is 0 Å². The summed E-state index contributed by atoms with van der Waals surface area (Å²) in [5.74, 6) is 0.798. The molecule has 0 saturated heterocycles. The molecule has 3 aromatic carbocycles. The Kier molecular flexibility index (Phi) is 2.30. The molecule has 0 fully saturated rings. The van der Waals surface area contributed by atoms with Crippen molar-refractivity contribution in [1.82, 2.24) is 0 Å². The minimum absolute atomic E-state index is 0.580. The van der Waals surface area contributed by atoms with Crippen LogP contribution in [0.5, 0.6) is 5.75 Å². The molecule has 0 spiro atoms. The molecule has 1 aliphatic rings. The van der Waals surface area contributed by atoms with Crippen LogP contribution in [0.1, 0.15) is 5.56 Å². The normalized spacial score (nSPS) is 12.7. The van der Waals surface area contributed by atoms with E-state index in [4.69, 9.17) is 16.3 Å². The molecule has 0 saturated carbocycles. The predicted octanol–water partition coefficient (Wildman–Crippen LogP) is 5.05. The number of fused-ring (bicyclic) bond motifs is 4. The Bertz CT molecular complexity index is 792. The predicted molar refractivity (Wildman–Crippen MR) is 78.7 cm³/mol. The van der Waals surface area contributed by atoms with Crippen molar-refractivity contribution >= 4 is 22.4 Å². The van der Waals surface area contributed by atoms with Crippen LogP contribution in [0.2, 0.25) is 5.02 Å². The van der Waals surface area contributed by atoms with Crippen LogP contribution in [0.15, 0.2) is 54.6 Å². The number of hydrogen-bond acceptors (Lipinski definition) is 1. The Morgan fingerprint density at radius 1 is 0.842 bits per heavy atom. The smallest absolute Gasteiger partial charge is 0.146 e. The molecule has 2 heteroatoms. The van der Waals surface area contributed by atoms with E-state index in [1.807, 2.05) is 12.1 Å². The summed E-state index contributed by atoms with van der Waals surface area (Å²) in [6, 6.07) is 18.7. The highest BCUT2D eigenvalue weighted by Gasteiger charge is 2.19. The largest absolute Gasteiger partial charge is 0.487 e. The first-order valence-electron chi connectivity index (χ1n) is 6.26. The third-order valence-corrected chi connectivity index (χ3v) is 3.90. The van der Waals surface area contributed by atoms with Gasteiger partial charge in [0.15, 0.2) is 0 Å². The fourth-order valence-corrected chi connectivity index (χ4v) is 2.90. The summed E-state index contributed by atoms with van der Waals surface area (Å²) in [7, 11) is 0. The monoisotopic (exact) mass is 266 g/mol. The Morgan fingerprint density at radius 2 is 1.63 bits per heavy atom. The van der Waals surface area contributed by atoms with E-state index in [0.29, 0.717) is 11.6 Å². The van der Waals surface area contributed by atoms with Gasteiger partial charge in [-0.2, -0.15) is 0 Å². The molecule has 0 aliphatic carbocycles. The van der Waals surface area contributed by atoms with Crippen LogP contribution in [0, 0.1) is 0 Å². The fourth-order valence-electron chi connectivity index (χ4n) is 2.68. The Labute approximate surface area is 116 Å². The van der Waals surface area contributed by atoms with Gasteiger partial charge < -0.3 is 4.74 Å². The average Bonchev–Trinajstić information content (AvgIpc) is 2.45. The summed E-state index contributed by atoms with van der Waals surface area (Å²) in [5.41, 5.74) is 3.52. The standard InChI is InChI=1S/C17H11ClO/c18-16-7-3-6-14-15-9-12-5-2-1-4-11(12)8-13(15)10-19-17(14)16/h1-9H,10H2. The molecule has 3 aromatic rings. The first-order valence-corrected chi connectivity index (χ1v) is 6.64. The van der Waals surface area contributed by atoms with Crippen LogP contribution in [0.4, 0.5) is 0 Å². The van der Waals surface area contributed by atoms with Crippen molar-refractivity contribution in [2.24, 2.45) is 0 Å². The van der Waals surface area contributed by atoms with E-state index < -0.39 is 0 Å². The maximum atomic E-state index is 6.20. The molecule has 0 radical (unpaired) electrons. The van der Waals surface area contributed by atoms with Gasteiger partial charge in [0.05, 0.1) is 5.02 Å². The molecular formula is C17H11ClO. The van der Waals surface area contributed by atoms with Crippen molar-refractivity contribution in [2.75, 3.05) is 0 Å². The lowest BCUT2D eigenvalue weighted by Gasteiger charge is -2.22. The second-order valence-electron chi connectivity index (χ2n) is 4.76. The van der Waals surface area contributed by atoms with Gasteiger partial charge in [0.25, 0.3) is 0 Å². The van der Waals surface area contributed by atoms with Crippen molar-refractivity contribution in [3.63, 3.8) is 0 Å². The quantitative estimate of drug-likeness (QED) is 0.553. The Balaban J connectivity index is 2.06. The van der Waals surface area contributed by atoms with Gasteiger partial charge in [0.2, 0.25) is 0 Å². The lowest BCUT2D eigenvalue weighted by atomic mass is 9.94. The molecule has 92 valence electrons. The summed E-state index contributed by atoms with van der Waals surface area (Å²) < 4.78 is 5.80. The van der Waals surface area contributed by atoms with Crippen molar-refractivity contribution < 1.29 is 4.74 Å². The molecule has 19 heavy (non-hydrogen) atoms. The van der Waals surface area contributed by atoms with E-state index in [1.165, 1.54) is 21.9 Å². The van der Waals surface area contributed by atoms with Gasteiger partial charge in [-0.3, -0.25) is 0 Å². The highest BCUT2D eigenvalue weighted by atomic mass is 35.5. The van der Waals surface area contributed by atoms with Gasteiger partial charge in [-0.05, 0) is 40.1 Å². The van der Waals surface area contributed by atoms with Gasteiger partial charge in [0, 0.05) is 5.56 Å². The molecule has 0 aromatic heterocycles. The lowest BCUT2D eigenvalue weighted by molar-refractivity contribution is 0.303. The first kappa shape index (κ1) is 10.9. The molecular weight excluding hydrogens is 256 g/mol.